The molecule has 0 aliphatic carbocycles. The van der Waals surface area contributed by atoms with Crippen LogP contribution in [0.2, 0.25) is 0 Å². The molecule has 0 saturated heterocycles. The molecule has 0 aliphatic heterocycles. The van der Waals surface area contributed by atoms with Crippen LogP contribution in [0.3, 0.4) is 0 Å². The first-order valence-corrected chi connectivity index (χ1v) is 9.99. The van der Waals surface area contributed by atoms with Crippen molar-refractivity contribution in [1.82, 2.24) is 0 Å². The fraction of sp³-hybridized carbons (Fsp3) is 0.167. The molecule has 0 spiro atoms. The van der Waals surface area contributed by atoms with Crippen LogP contribution >= 0.6 is 0 Å². The summed E-state index contributed by atoms with van der Waals surface area (Å²) in [6.45, 7) is 1.72. The predicted molar refractivity (Wildman–Crippen MR) is 116 cm³/mol. The van der Waals surface area contributed by atoms with Crippen LogP contribution in [0.15, 0.2) is 71.9 Å². The first-order chi connectivity index (χ1) is 16.3. The van der Waals surface area contributed by atoms with Gasteiger partial charge in [0.15, 0.2) is 0 Å². The van der Waals surface area contributed by atoms with E-state index < -0.39 is 40.8 Å². The van der Waals surface area contributed by atoms with Gasteiger partial charge in [-0.25, -0.2) is 0 Å². The van der Waals surface area contributed by atoms with Crippen molar-refractivity contribution in [2.45, 2.75) is 25.9 Å². The molecule has 0 unspecified atom stereocenters. The maximum Gasteiger partial charge on any atom is 0.416 e. The van der Waals surface area contributed by atoms with E-state index >= 15 is 0 Å². The Morgan fingerprint density at radius 1 is 0.914 bits per heavy atom. The SMILES string of the molecule is C/C(=N/OCc1ccccc1)c1ccc(O)c(C(=O)Nc2cc(C(F)(F)F)cc(C(F)(F)F)c2)c1. The Kier molecular flexibility index (Phi) is 7.37. The van der Waals surface area contributed by atoms with Gasteiger partial charge < -0.3 is 15.3 Å². The summed E-state index contributed by atoms with van der Waals surface area (Å²) in [5, 5.41) is 16.0. The molecule has 0 heterocycles. The summed E-state index contributed by atoms with van der Waals surface area (Å²) in [6, 6.07) is 13.6. The molecule has 1 amide bonds. The Hall–Kier alpha value is -4.02. The molecule has 0 fully saturated rings. The predicted octanol–water partition coefficient (Wildman–Crippen LogP) is 6.62. The maximum absolute atomic E-state index is 13.1. The number of benzene rings is 3. The first-order valence-electron chi connectivity index (χ1n) is 9.99. The van der Waals surface area contributed by atoms with E-state index in [0.29, 0.717) is 23.4 Å². The molecule has 0 bridgehead atoms. The van der Waals surface area contributed by atoms with Gasteiger partial charge in [-0.3, -0.25) is 4.79 Å². The van der Waals surface area contributed by atoms with Gasteiger partial charge in [-0.1, -0.05) is 35.5 Å². The second kappa shape index (κ2) is 10.1. The lowest BCUT2D eigenvalue weighted by Gasteiger charge is -2.15. The lowest BCUT2D eigenvalue weighted by Crippen LogP contribution is -2.16. The summed E-state index contributed by atoms with van der Waals surface area (Å²) in [4.78, 5) is 17.9. The monoisotopic (exact) mass is 496 g/mol. The highest BCUT2D eigenvalue weighted by Gasteiger charge is 2.37. The Balaban J connectivity index is 1.83. The van der Waals surface area contributed by atoms with Crippen LogP contribution in [0.1, 0.15) is 39.5 Å². The van der Waals surface area contributed by atoms with Gasteiger partial charge in [-0.15, -0.1) is 0 Å². The highest BCUT2D eigenvalue weighted by atomic mass is 19.4. The third-order valence-electron chi connectivity index (χ3n) is 4.78. The number of phenolic OH excluding ortho intramolecular Hbond substituents is 1. The highest BCUT2D eigenvalue weighted by Crippen LogP contribution is 2.37. The Labute approximate surface area is 195 Å². The van der Waals surface area contributed by atoms with Gasteiger partial charge in [0.1, 0.15) is 12.4 Å². The molecule has 0 aliphatic rings. The van der Waals surface area contributed by atoms with E-state index in [1.807, 2.05) is 35.6 Å². The molecule has 3 rings (SSSR count). The lowest BCUT2D eigenvalue weighted by atomic mass is 10.0. The standard InChI is InChI=1S/C24H18F6N2O3/c1-14(32-35-13-15-5-3-2-4-6-15)16-7-8-21(33)20(9-16)22(34)31-19-11-17(23(25,26)27)10-18(12-19)24(28,29)30/h2-12,33H,13H2,1H3,(H,31,34)/b32-14-. The molecule has 0 saturated carbocycles. The van der Waals surface area contributed by atoms with Crippen molar-refractivity contribution >= 4 is 17.3 Å². The number of nitrogens with zero attached hydrogens (tertiary/aromatic N) is 1. The molecule has 11 heteroatoms. The van der Waals surface area contributed by atoms with Gasteiger partial charge in [-0.05, 0) is 48.9 Å². The number of alkyl halides is 6. The second-order valence-corrected chi connectivity index (χ2v) is 7.42. The second-order valence-electron chi connectivity index (χ2n) is 7.42. The number of carbonyl (C=O) groups is 1. The van der Waals surface area contributed by atoms with Gasteiger partial charge in [0.05, 0.1) is 22.4 Å². The molecular weight excluding hydrogens is 478 g/mol. The summed E-state index contributed by atoms with van der Waals surface area (Å²) in [5.41, 5.74) is -2.79. The highest BCUT2D eigenvalue weighted by molar-refractivity contribution is 6.08. The molecule has 0 aromatic heterocycles. The third kappa shape index (κ3) is 6.75. The zero-order valence-electron chi connectivity index (χ0n) is 18.0. The van der Waals surface area contributed by atoms with Crippen molar-refractivity contribution < 1.29 is 41.1 Å². The zero-order chi connectivity index (χ0) is 25.8. The van der Waals surface area contributed by atoms with Crippen LogP contribution in [0.5, 0.6) is 5.75 Å². The molecule has 3 aromatic rings. The van der Waals surface area contributed by atoms with Gasteiger partial charge in [0.2, 0.25) is 0 Å². The average molecular weight is 496 g/mol. The number of aromatic hydroxyl groups is 1. The van der Waals surface area contributed by atoms with Crippen molar-refractivity contribution in [2.75, 3.05) is 5.32 Å². The Morgan fingerprint density at radius 3 is 2.09 bits per heavy atom. The van der Waals surface area contributed by atoms with Gasteiger partial charge in [-0.2, -0.15) is 26.3 Å². The number of halogens is 6. The molecule has 0 atom stereocenters. The number of hydrogen-bond acceptors (Lipinski definition) is 4. The van der Waals surface area contributed by atoms with E-state index in [2.05, 4.69) is 5.16 Å². The number of nitrogens with one attached hydrogen (secondary N) is 1. The summed E-state index contributed by atoms with van der Waals surface area (Å²) in [5.74, 6) is -1.65. The van der Waals surface area contributed by atoms with Crippen molar-refractivity contribution in [3.63, 3.8) is 0 Å². The first kappa shape index (κ1) is 25.6. The van der Waals surface area contributed by atoms with Crippen LogP contribution in [0.25, 0.3) is 0 Å². The molecule has 2 N–H and O–H groups in total. The number of oxime groups is 1. The van der Waals surface area contributed by atoms with Crippen molar-refractivity contribution in [3.8, 4) is 5.75 Å². The third-order valence-corrected chi connectivity index (χ3v) is 4.78. The van der Waals surface area contributed by atoms with Crippen molar-refractivity contribution in [1.29, 1.82) is 0 Å². The largest absolute Gasteiger partial charge is 0.507 e. The number of amides is 1. The fourth-order valence-electron chi connectivity index (χ4n) is 3.00. The minimum atomic E-state index is -5.07. The van der Waals surface area contributed by atoms with Gasteiger partial charge >= 0.3 is 12.4 Å². The van der Waals surface area contributed by atoms with Crippen LogP contribution < -0.4 is 5.32 Å². The van der Waals surface area contributed by atoms with E-state index in [1.165, 1.54) is 12.1 Å². The molecule has 3 aromatic carbocycles. The molecular formula is C24H18F6N2O3. The quantitative estimate of drug-likeness (QED) is 0.229. The minimum Gasteiger partial charge on any atom is -0.507 e. The van der Waals surface area contributed by atoms with Crippen LogP contribution in [-0.2, 0) is 23.8 Å². The van der Waals surface area contributed by atoms with Gasteiger partial charge in [0, 0.05) is 11.3 Å². The fourth-order valence-corrected chi connectivity index (χ4v) is 3.00. The Morgan fingerprint density at radius 2 is 1.51 bits per heavy atom. The minimum absolute atomic E-state index is 0.0526. The van der Waals surface area contributed by atoms with Crippen LogP contribution in [0, 0.1) is 0 Å². The molecule has 35 heavy (non-hydrogen) atoms. The lowest BCUT2D eigenvalue weighted by molar-refractivity contribution is -0.143. The zero-order valence-corrected chi connectivity index (χ0v) is 18.0. The van der Waals surface area contributed by atoms with Gasteiger partial charge in [0.25, 0.3) is 5.91 Å². The van der Waals surface area contributed by atoms with E-state index in [4.69, 9.17) is 4.84 Å². The van der Waals surface area contributed by atoms with Crippen LogP contribution in [0.4, 0.5) is 32.0 Å². The maximum atomic E-state index is 13.1. The summed E-state index contributed by atoms with van der Waals surface area (Å²) >= 11 is 0. The smallest absolute Gasteiger partial charge is 0.416 e. The summed E-state index contributed by atoms with van der Waals surface area (Å²) in [6.07, 6.45) is -10.1. The van der Waals surface area contributed by atoms with E-state index in [0.717, 1.165) is 11.6 Å². The molecule has 184 valence electrons. The molecule has 5 nitrogen and oxygen atoms in total. The van der Waals surface area contributed by atoms with E-state index in [-0.39, 0.29) is 18.2 Å². The summed E-state index contributed by atoms with van der Waals surface area (Å²) < 4.78 is 78.4. The van der Waals surface area contributed by atoms with Crippen molar-refractivity contribution in [2.24, 2.45) is 5.16 Å². The van der Waals surface area contributed by atoms with E-state index in [9.17, 15) is 36.2 Å². The topological polar surface area (TPSA) is 70.9 Å². The number of carbonyl (C=O) groups excluding carboxylic acids is 1. The summed E-state index contributed by atoms with van der Waals surface area (Å²) in [7, 11) is 0. The van der Waals surface area contributed by atoms with E-state index in [1.54, 1.807) is 6.92 Å². The number of rotatable bonds is 6. The number of hydrogen-bond donors (Lipinski definition) is 2. The Bertz CT molecular complexity index is 1210. The average Bonchev–Trinajstić information content (AvgIpc) is 2.78. The van der Waals surface area contributed by atoms with Crippen LogP contribution in [-0.4, -0.2) is 16.7 Å². The normalized spacial score (nSPS) is 12.4. The number of anilines is 1. The number of phenols is 1. The van der Waals surface area contributed by atoms with Crippen molar-refractivity contribution in [3.05, 3.63) is 94.5 Å². The molecule has 0 radical (unpaired) electrons.